The fourth-order valence-electron chi connectivity index (χ4n) is 5.06. The number of ether oxygens (including phenoxy) is 2. The van der Waals surface area contributed by atoms with Crippen LogP contribution in [-0.4, -0.2) is 45.0 Å². The zero-order chi connectivity index (χ0) is 31.3. The molecule has 0 aromatic carbocycles. The van der Waals surface area contributed by atoms with Crippen LogP contribution in [-0.2, 0) is 9.47 Å². The summed E-state index contributed by atoms with van der Waals surface area (Å²) in [6.45, 7) is 7.00. The zero-order valence-corrected chi connectivity index (χ0v) is 29.6. The highest BCUT2D eigenvalue weighted by atomic mass is 16.7. The van der Waals surface area contributed by atoms with Crippen molar-refractivity contribution in [2.45, 2.75) is 174 Å². The molecule has 0 radical (unpaired) electrons. The normalized spacial score (nSPS) is 12.6. The summed E-state index contributed by atoms with van der Waals surface area (Å²) in [6, 6.07) is 0. The number of hydrogen-bond acceptors (Lipinski definition) is 3. The van der Waals surface area contributed by atoms with Crippen molar-refractivity contribution in [1.29, 1.82) is 0 Å². The molecule has 0 aliphatic heterocycles. The molecule has 0 aromatic heterocycles. The molecule has 43 heavy (non-hydrogen) atoms. The van der Waals surface area contributed by atoms with E-state index in [0.717, 1.165) is 45.4 Å². The Hall–Kier alpha value is -1.16. The van der Waals surface area contributed by atoms with E-state index in [-0.39, 0.29) is 6.29 Å². The van der Waals surface area contributed by atoms with Crippen LogP contribution in [0, 0.1) is 0 Å². The van der Waals surface area contributed by atoms with Crippen molar-refractivity contribution < 1.29 is 9.47 Å². The highest BCUT2D eigenvalue weighted by Gasteiger charge is 2.10. The SMILES string of the molecule is CCCCC/C=C\C/C=C\CCCCCCCCOC(CN(C)C)OCCCCCCCC/C=C\C/C=C\CCCCC. The van der Waals surface area contributed by atoms with Crippen molar-refractivity contribution in [3.63, 3.8) is 0 Å². The summed E-state index contributed by atoms with van der Waals surface area (Å²) in [5.41, 5.74) is 0. The summed E-state index contributed by atoms with van der Waals surface area (Å²) in [6.07, 6.45) is 49.2. The van der Waals surface area contributed by atoms with Gasteiger partial charge in [-0.2, -0.15) is 0 Å². The number of nitrogens with zero attached hydrogens (tertiary/aromatic N) is 1. The number of likely N-dealkylation sites (N-methyl/N-ethyl adjacent to an activating group) is 1. The molecule has 0 aromatic rings. The monoisotopic (exact) mass is 602 g/mol. The van der Waals surface area contributed by atoms with Crippen LogP contribution in [0.5, 0.6) is 0 Å². The molecule has 0 saturated heterocycles. The summed E-state index contributed by atoms with van der Waals surface area (Å²) >= 11 is 0. The smallest absolute Gasteiger partial charge is 0.170 e. The molecule has 0 spiro atoms. The molecule has 0 amide bonds. The van der Waals surface area contributed by atoms with E-state index < -0.39 is 0 Å². The van der Waals surface area contributed by atoms with Gasteiger partial charge in [0.05, 0.1) is 0 Å². The van der Waals surface area contributed by atoms with Gasteiger partial charge >= 0.3 is 0 Å². The highest BCUT2D eigenvalue weighted by Crippen LogP contribution is 2.11. The lowest BCUT2D eigenvalue weighted by molar-refractivity contribution is -0.150. The van der Waals surface area contributed by atoms with Gasteiger partial charge in [-0.25, -0.2) is 0 Å². The summed E-state index contributed by atoms with van der Waals surface area (Å²) < 4.78 is 12.2. The summed E-state index contributed by atoms with van der Waals surface area (Å²) in [5.74, 6) is 0. The van der Waals surface area contributed by atoms with Crippen LogP contribution in [0.25, 0.3) is 0 Å². The van der Waals surface area contributed by atoms with Crippen LogP contribution >= 0.6 is 0 Å². The maximum Gasteiger partial charge on any atom is 0.170 e. The molecule has 0 unspecified atom stereocenters. The van der Waals surface area contributed by atoms with Gasteiger partial charge in [0.2, 0.25) is 0 Å². The Labute approximate surface area is 270 Å². The summed E-state index contributed by atoms with van der Waals surface area (Å²) in [7, 11) is 4.20. The van der Waals surface area contributed by atoms with Crippen LogP contribution in [0.2, 0.25) is 0 Å². The quantitative estimate of drug-likeness (QED) is 0.0416. The van der Waals surface area contributed by atoms with Gasteiger partial charge in [-0.15, -0.1) is 0 Å². The Morgan fingerprint density at radius 3 is 1.09 bits per heavy atom. The topological polar surface area (TPSA) is 21.7 Å². The highest BCUT2D eigenvalue weighted by molar-refractivity contribution is 4.93. The maximum atomic E-state index is 6.11. The van der Waals surface area contributed by atoms with E-state index in [2.05, 4.69) is 81.5 Å². The van der Waals surface area contributed by atoms with E-state index in [1.165, 1.54) is 128 Å². The van der Waals surface area contributed by atoms with Crippen LogP contribution in [0.3, 0.4) is 0 Å². The largest absolute Gasteiger partial charge is 0.351 e. The van der Waals surface area contributed by atoms with Gasteiger partial charge in [-0.05, 0) is 91.1 Å². The van der Waals surface area contributed by atoms with Crippen LogP contribution in [0.1, 0.15) is 168 Å². The molecular weight excluding hydrogens is 526 g/mol. The second-order valence-corrected chi connectivity index (χ2v) is 12.6. The zero-order valence-electron chi connectivity index (χ0n) is 29.6. The second kappa shape index (κ2) is 37.0. The van der Waals surface area contributed by atoms with E-state index >= 15 is 0 Å². The second-order valence-electron chi connectivity index (χ2n) is 12.6. The summed E-state index contributed by atoms with van der Waals surface area (Å²) in [4.78, 5) is 2.17. The molecule has 3 heteroatoms. The molecule has 252 valence electrons. The Balaban J connectivity index is 3.59. The van der Waals surface area contributed by atoms with Crippen molar-refractivity contribution in [1.82, 2.24) is 4.90 Å². The van der Waals surface area contributed by atoms with Gasteiger partial charge in [-0.3, -0.25) is 0 Å². The minimum Gasteiger partial charge on any atom is -0.351 e. The lowest BCUT2D eigenvalue weighted by Crippen LogP contribution is -2.31. The first-order valence-electron chi connectivity index (χ1n) is 18.7. The van der Waals surface area contributed by atoms with Gasteiger partial charge in [0, 0.05) is 19.8 Å². The average molecular weight is 602 g/mol. The van der Waals surface area contributed by atoms with Gasteiger partial charge in [0.1, 0.15) is 0 Å². The first-order valence-corrected chi connectivity index (χ1v) is 18.7. The molecule has 0 heterocycles. The van der Waals surface area contributed by atoms with Gasteiger partial charge in [0.25, 0.3) is 0 Å². The minimum absolute atomic E-state index is 0.0917. The Kier molecular flexibility index (Phi) is 36.0. The molecule has 0 rings (SSSR count). The van der Waals surface area contributed by atoms with Crippen molar-refractivity contribution in [3.8, 4) is 0 Å². The van der Waals surface area contributed by atoms with Crippen molar-refractivity contribution in [2.24, 2.45) is 0 Å². The van der Waals surface area contributed by atoms with E-state index in [0.29, 0.717) is 0 Å². The molecule has 0 aliphatic carbocycles. The van der Waals surface area contributed by atoms with E-state index in [1.54, 1.807) is 0 Å². The Morgan fingerprint density at radius 2 is 0.744 bits per heavy atom. The van der Waals surface area contributed by atoms with Gasteiger partial charge in [0.15, 0.2) is 6.29 Å². The Morgan fingerprint density at radius 1 is 0.419 bits per heavy atom. The molecule has 0 aliphatic rings. The van der Waals surface area contributed by atoms with Crippen LogP contribution in [0.4, 0.5) is 0 Å². The molecule has 0 atom stereocenters. The first-order chi connectivity index (χ1) is 21.2. The van der Waals surface area contributed by atoms with E-state index in [4.69, 9.17) is 9.47 Å². The third-order valence-corrected chi connectivity index (χ3v) is 7.81. The third kappa shape index (κ3) is 36.9. The minimum atomic E-state index is -0.0917. The van der Waals surface area contributed by atoms with Crippen LogP contribution in [0.15, 0.2) is 48.6 Å². The fourth-order valence-corrected chi connectivity index (χ4v) is 5.06. The fraction of sp³-hybridized carbons (Fsp3) is 0.800. The van der Waals surface area contributed by atoms with Crippen molar-refractivity contribution in [3.05, 3.63) is 48.6 Å². The number of unbranched alkanes of at least 4 members (excludes halogenated alkanes) is 18. The molecule has 0 N–H and O–H groups in total. The number of rotatable bonds is 34. The van der Waals surface area contributed by atoms with Gasteiger partial charge in [-0.1, -0.05) is 140 Å². The van der Waals surface area contributed by atoms with Crippen molar-refractivity contribution >= 4 is 0 Å². The predicted octanol–water partition coefficient (Wildman–Crippen LogP) is 12.5. The summed E-state index contributed by atoms with van der Waals surface area (Å²) in [5, 5.41) is 0. The molecule has 0 saturated carbocycles. The molecule has 3 nitrogen and oxygen atoms in total. The molecule has 0 bridgehead atoms. The van der Waals surface area contributed by atoms with E-state index in [1.807, 2.05) is 0 Å². The number of hydrogen-bond donors (Lipinski definition) is 0. The van der Waals surface area contributed by atoms with Gasteiger partial charge < -0.3 is 14.4 Å². The predicted molar refractivity (Wildman–Crippen MR) is 193 cm³/mol. The average Bonchev–Trinajstić information content (AvgIpc) is 2.99. The van der Waals surface area contributed by atoms with E-state index in [9.17, 15) is 0 Å². The maximum absolute atomic E-state index is 6.11. The van der Waals surface area contributed by atoms with Crippen molar-refractivity contribution in [2.75, 3.05) is 33.9 Å². The van der Waals surface area contributed by atoms with Crippen LogP contribution < -0.4 is 0 Å². The first kappa shape index (κ1) is 41.8. The Bertz CT molecular complexity index is 586. The standard InChI is InChI=1S/C40H75NO2/c1-5-7-9-11-13-15-17-19-21-23-25-27-29-31-33-35-37-42-40(39-41(3)4)43-38-36-34-32-30-28-26-24-22-20-18-16-14-12-10-8-6-2/h13-16,19-22,40H,5-12,17-18,23-39H2,1-4H3/b15-13-,16-14-,21-19-,22-20-. The molecule has 0 fully saturated rings. The number of allylic oxidation sites excluding steroid dienone is 8. The third-order valence-electron chi connectivity index (χ3n) is 7.81. The molecular formula is C40H75NO2. The lowest BCUT2D eigenvalue weighted by Gasteiger charge is -2.22. The lowest BCUT2D eigenvalue weighted by atomic mass is 10.1.